The molecular weight excluding hydrogens is 309 g/mol. The molecule has 124 valence electrons. The van der Waals surface area contributed by atoms with Crippen LogP contribution in [0.25, 0.3) is 11.0 Å². The molecule has 24 heavy (non-hydrogen) atoms. The summed E-state index contributed by atoms with van der Waals surface area (Å²) in [5.41, 5.74) is 1.96. The Balaban J connectivity index is 1.68. The predicted octanol–water partition coefficient (Wildman–Crippen LogP) is 3.89. The van der Waals surface area contributed by atoms with Crippen LogP contribution in [-0.2, 0) is 0 Å². The van der Waals surface area contributed by atoms with E-state index < -0.39 is 0 Å². The SMILES string of the molecule is Cc1cc(C(=O)N2CCC[C@@H]2c2nc3ccc(F)cc3[nH]2)c(C)o1. The minimum atomic E-state index is -0.304. The van der Waals surface area contributed by atoms with E-state index >= 15 is 0 Å². The number of rotatable bonds is 2. The zero-order valence-electron chi connectivity index (χ0n) is 13.6. The average Bonchev–Trinajstić information content (AvgIpc) is 3.23. The Morgan fingerprint density at radius 3 is 2.96 bits per heavy atom. The van der Waals surface area contributed by atoms with Gasteiger partial charge in [0.15, 0.2) is 0 Å². The lowest BCUT2D eigenvalue weighted by atomic mass is 10.1. The number of nitrogens with zero attached hydrogens (tertiary/aromatic N) is 2. The zero-order valence-corrected chi connectivity index (χ0v) is 13.6. The Morgan fingerprint density at radius 2 is 2.21 bits per heavy atom. The maximum atomic E-state index is 13.4. The number of nitrogens with one attached hydrogen (secondary N) is 1. The highest BCUT2D eigenvalue weighted by molar-refractivity contribution is 5.95. The Bertz CT molecular complexity index is 928. The number of aromatic amines is 1. The van der Waals surface area contributed by atoms with Crippen molar-refractivity contribution in [2.24, 2.45) is 0 Å². The molecule has 0 unspecified atom stereocenters. The Hall–Kier alpha value is -2.63. The fourth-order valence-corrected chi connectivity index (χ4v) is 3.45. The molecule has 2 aromatic heterocycles. The van der Waals surface area contributed by atoms with Crippen LogP contribution in [0.15, 0.2) is 28.7 Å². The van der Waals surface area contributed by atoms with E-state index in [0.29, 0.717) is 34.7 Å². The largest absolute Gasteiger partial charge is 0.466 e. The van der Waals surface area contributed by atoms with Crippen molar-refractivity contribution in [3.63, 3.8) is 0 Å². The van der Waals surface area contributed by atoms with E-state index in [-0.39, 0.29) is 17.8 Å². The van der Waals surface area contributed by atoms with E-state index in [4.69, 9.17) is 4.42 Å². The van der Waals surface area contributed by atoms with E-state index in [2.05, 4.69) is 9.97 Å². The third kappa shape index (κ3) is 2.38. The fraction of sp³-hybridized carbons (Fsp3) is 0.333. The highest BCUT2D eigenvalue weighted by atomic mass is 19.1. The van der Waals surface area contributed by atoms with Crippen LogP contribution in [0, 0.1) is 19.7 Å². The number of fused-ring (bicyclic) bond motifs is 1. The molecule has 1 N–H and O–H groups in total. The Kier molecular flexibility index (Phi) is 3.40. The van der Waals surface area contributed by atoms with Crippen molar-refractivity contribution in [2.45, 2.75) is 32.7 Å². The zero-order chi connectivity index (χ0) is 16.8. The summed E-state index contributed by atoms with van der Waals surface area (Å²) in [7, 11) is 0. The van der Waals surface area contributed by atoms with Gasteiger partial charge in [-0.2, -0.15) is 0 Å². The number of aromatic nitrogens is 2. The maximum Gasteiger partial charge on any atom is 0.258 e. The second-order valence-electron chi connectivity index (χ2n) is 6.27. The number of furan rings is 1. The van der Waals surface area contributed by atoms with Gasteiger partial charge in [0.2, 0.25) is 0 Å². The van der Waals surface area contributed by atoms with Gasteiger partial charge in [0.25, 0.3) is 5.91 Å². The first-order valence-electron chi connectivity index (χ1n) is 8.06. The van der Waals surface area contributed by atoms with E-state index in [0.717, 1.165) is 18.6 Å². The van der Waals surface area contributed by atoms with Crippen molar-refractivity contribution in [3.05, 3.63) is 53.0 Å². The van der Waals surface area contributed by atoms with Crippen LogP contribution >= 0.6 is 0 Å². The van der Waals surface area contributed by atoms with Gasteiger partial charge in [-0.1, -0.05) is 0 Å². The number of aryl methyl sites for hydroxylation is 2. The minimum Gasteiger partial charge on any atom is -0.466 e. The monoisotopic (exact) mass is 327 g/mol. The maximum absolute atomic E-state index is 13.4. The van der Waals surface area contributed by atoms with Crippen LogP contribution in [0.1, 0.15) is 46.6 Å². The highest BCUT2D eigenvalue weighted by Crippen LogP contribution is 2.33. The standard InChI is InChI=1S/C18H18FN3O2/c1-10-8-13(11(2)24-10)18(23)22-7-3-4-16(22)17-20-14-6-5-12(19)9-15(14)21-17/h5-6,8-9,16H,3-4,7H2,1-2H3,(H,20,21)/t16-/m1/s1. The van der Waals surface area contributed by atoms with E-state index in [1.165, 1.54) is 12.1 Å². The van der Waals surface area contributed by atoms with Crippen molar-refractivity contribution in [2.75, 3.05) is 6.54 Å². The molecule has 0 saturated carbocycles. The number of likely N-dealkylation sites (tertiary alicyclic amines) is 1. The van der Waals surface area contributed by atoms with Gasteiger partial charge in [-0.3, -0.25) is 4.79 Å². The lowest BCUT2D eigenvalue weighted by Gasteiger charge is -2.22. The van der Waals surface area contributed by atoms with Gasteiger partial charge >= 0.3 is 0 Å². The molecule has 3 aromatic rings. The van der Waals surface area contributed by atoms with Crippen molar-refractivity contribution in [3.8, 4) is 0 Å². The lowest BCUT2D eigenvalue weighted by molar-refractivity contribution is 0.0729. The molecule has 6 heteroatoms. The molecule has 0 aliphatic carbocycles. The third-order valence-corrected chi connectivity index (χ3v) is 4.56. The Labute approximate surface area is 138 Å². The predicted molar refractivity (Wildman–Crippen MR) is 87.2 cm³/mol. The molecule has 1 aliphatic rings. The van der Waals surface area contributed by atoms with Crippen LogP contribution in [0.5, 0.6) is 0 Å². The number of benzene rings is 1. The summed E-state index contributed by atoms with van der Waals surface area (Å²) in [6.45, 7) is 4.31. The molecule has 0 bridgehead atoms. The molecule has 1 aliphatic heterocycles. The minimum absolute atomic E-state index is 0.0431. The summed E-state index contributed by atoms with van der Waals surface area (Å²) in [5, 5.41) is 0. The first kappa shape index (κ1) is 14.9. The molecule has 5 nitrogen and oxygen atoms in total. The number of hydrogen-bond donors (Lipinski definition) is 1. The number of carbonyl (C=O) groups is 1. The molecule has 3 heterocycles. The lowest BCUT2D eigenvalue weighted by Crippen LogP contribution is -2.31. The number of carbonyl (C=O) groups excluding carboxylic acids is 1. The number of imidazole rings is 1. The quantitative estimate of drug-likeness (QED) is 0.777. The molecule has 0 radical (unpaired) electrons. The molecule has 1 amide bonds. The van der Waals surface area contributed by atoms with Gasteiger partial charge in [0.1, 0.15) is 23.2 Å². The van der Waals surface area contributed by atoms with Crippen molar-refractivity contribution in [1.82, 2.24) is 14.9 Å². The first-order valence-corrected chi connectivity index (χ1v) is 8.06. The normalized spacial score (nSPS) is 17.8. The molecule has 1 fully saturated rings. The molecule has 4 rings (SSSR count). The van der Waals surface area contributed by atoms with E-state index in [1.54, 1.807) is 19.1 Å². The van der Waals surface area contributed by atoms with Crippen molar-refractivity contribution in [1.29, 1.82) is 0 Å². The second-order valence-corrected chi connectivity index (χ2v) is 6.27. The summed E-state index contributed by atoms with van der Waals surface area (Å²) >= 11 is 0. The van der Waals surface area contributed by atoms with Gasteiger partial charge < -0.3 is 14.3 Å². The topological polar surface area (TPSA) is 62.1 Å². The van der Waals surface area contributed by atoms with Gasteiger partial charge in [0, 0.05) is 6.54 Å². The first-order chi connectivity index (χ1) is 11.5. The van der Waals surface area contributed by atoms with E-state index in [1.807, 2.05) is 11.8 Å². The molecule has 1 atom stereocenters. The number of hydrogen-bond acceptors (Lipinski definition) is 3. The van der Waals surface area contributed by atoms with Gasteiger partial charge in [-0.05, 0) is 51.0 Å². The van der Waals surface area contributed by atoms with Crippen LogP contribution < -0.4 is 0 Å². The van der Waals surface area contributed by atoms with Crippen LogP contribution in [0.2, 0.25) is 0 Å². The number of halogens is 1. The molecule has 1 aromatic carbocycles. The van der Waals surface area contributed by atoms with Crippen molar-refractivity contribution < 1.29 is 13.6 Å². The van der Waals surface area contributed by atoms with Gasteiger partial charge in [-0.25, -0.2) is 9.37 Å². The summed E-state index contributed by atoms with van der Waals surface area (Å²) in [4.78, 5) is 22.4. The highest BCUT2D eigenvalue weighted by Gasteiger charge is 2.34. The Morgan fingerprint density at radius 1 is 1.38 bits per heavy atom. The average molecular weight is 327 g/mol. The summed E-state index contributed by atoms with van der Waals surface area (Å²) in [5.74, 6) is 1.72. The molecular formula is C18H18FN3O2. The smallest absolute Gasteiger partial charge is 0.258 e. The molecule has 0 spiro atoms. The summed E-state index contributed by atoms with van der Waals surface area (Å²) < 4.78 is 18.9. The van der Waals surface area contributed by atoms with Gasteiger partial charge in [0.05, 0.1) is 22.6 Å². The summed E-state index contributed by atoms with van der Waals surface area (Å²) in [6, 6.07) is 6.12. The number of H-pyrrole nitrogens is 1. The van der Waals surface area contributed by atoms with Crippen LogP contribution in [-0.4, -0.2) is 27.3 Å². The molecule has 1 saturated heterocycles. The van der Waals surface area contributed by atoms with Crippen LogP contribution in [0.4, 0.5) is 4.39 Å². The van der Waals surface area contributed by atoms with Gasteiger partial charge in [-0.15, -0.1) is 0 Å². The fourth-order valence-electron chi connectivity index (χ4n) is 3.45. The van der Waals surface area contributed by atoms with E-state index in [9.17, 15) is 9.18 Å². The van der Waals surface area contributed by atoms with Crippen LogP contribution in [0.3, 0.4) is 0 Å². The summed E-state index contributed by atoms with van der Waals surface area (Å²) in [6.07, 6.45) is 1.75. The van der Waals surface area contributed by atoms with Crippen molar-refractivity contribution >= 4 is 16.9 Å². The third-order valence-electron chi connectivity index (χ3n) is 4.56. The second kappa shape index (κ2) is 5.47. The number of amides is 1.